The molecule has 2 N–H and O–H groups in total. The average molecular weight is 407 g/mol. The van der Waals surface area contributed by atoms with Crippen molar-refractivity contribution in [2.45, 2.75) is 6.92 Å². The first-order valence-corrected chi connectivity index (χ1v) is 9.41. The van der Waals surface area contributed by atoms with Crippen molar-refractivity contribution in [3.63, 3.8) is 0 Å². The summed E-state index contributed by atoms with van der Waals surface area (Å²) in [5.41, 5.74) is 3.61. The van der Waals surface area contributed by atoms with E-state index in [0.29, 0.717) is 11.5 Å². The first-order valence-electron chi connectivity index (χ1n) is 9.41. The molecule has 0 bridgehead atoms. The second-order valence-electron chi connectivity index (χ2n) is 6.90. The lowest BCUT2D eigenvalue weighted by Crippen LogP contribution is -2.31. The number of nitrogens with one attached hydrogen (secondary N) is 1. The minimum absolute atomic E-state index is 0.0974. The highest BCUT2D eigenvalue weighted by Crippen LogP contribution is 2.25. The normalized spacial score (nSPS) is 14.0. The number of amides is 1. The molecule has 1 amide bonds. The minimum atomic E-state index is -0.574. The lowest BCUT2D eigenvalue weighted by Gasteiger charge is -2.15. The lowest BCUT2D eigenvalue weighted by molar-refractivity contribution is -0.136. The van der Waals surface area contributed by atoms with E-state index in [0.717, 1.165) is 17.0 Å². The predicted octanol–water partition coefficient (Wildman–Crippen LogP) is 1.38. The van der Waals surface area contributed by atoms with Gasteiger partial charge in [-0.3, -0.25) is 9.20 Å². The van der Waals surface area contributed by atoms with Crippen molar-refractivity contribution in [2.75, 3.05) is 32.1 Å². The number of aryl methyl sites for hydroxylation is 1. The summed E-state index contributed by atoms with van der Waals surface area (Å²) in [5, 5.41) is 12.2. The van der Waals surface area contributed by atoms with Gasteiger partial charge in [-0.15, -0.1) is 0 Å². The third-order valence-electron chi connectivity index (χ3n) is 4.87. The van der Waals surface area contributed by atoms with Gasteiger partial charge in [0.05, 0.1) is 31.5 Å². The molecule has 0 radical (unpaired) electrons. The van der Waals surface area contributed by atoms with Gasteiger partial charge in [0.1, 0.15) is 5.70 Å². The van der Waals surface area contributed by atoms with Crippen LogP contribution < -0.4 is 5.32 Å². The fourth-order valence-electron chi connectivity index (χ4n) is 3.32. The molecule has 0 spiro atoms. The first kappa shape index (κ1) is 19.6. The Labute approximate surface area is 172 Å². The molecule has 3 heterocycles. The number of aliphatic hydroxyl groups excluding tert-OH is 1. The fourth-order valence-corrected chi connectivity index (χ4v) is 3.32. The minimum Gasteiger partial charge on any atom is -0.466 e. The summed E-state index contributed by atoms with van der Waals surface area (Å²) >= 11 is 0. The van der Waals surface area contributed by atoms with Crippen LogP contribution in [0.4, 0.5) is 5.69 Å². The summed E-state index contributed by atoms with van der Waals surface area (Å²) < 4.78 is 6.65. The largest absolute Gasteiger partial charge is 0.466 e. The maximum absolute atomic E-state index is 12.6. The van der Waals surface area contributed by atoms with E-state index in [4.69, 9.17) is 9.84 Å². The molecule has 0 atom stereocenters. The van der Waals surface area contributed by atoms with Crippen LogP contribution in [-0.2, 0) is 14.3 Å². The Bertz CT molecular complexity index is 1150. The fraction of sp³-hybridized carbons (Fsp3) is 0.238. The molecular weight excluding hydrogens is 386 g/mol. The number of anilines is 1. The van der Waals surface area contributed by atoms with Gasteiger partial charge in [0.15, 0.2) is 0 Å². The molecule has 0 aliphatic carbocycles. The smallest absolute Gasteiger partial charge is 0.337 e. The van der Waals surface area contributed by atoms with E-state index < -0.39 is 5.97 Å². The van der Waals surface area contributed by atoms with E-state index in [2.05, 4.69) is 15.3 Å². The molecule has 30 heavy (non-hydrogen) atoms. The van der Waals surface area contributed by atoms with Crippen molar-refractivity contribution in [1.82, 2.24) is 19.3 Å². The van der Waals surface area contributed by atoms with Crippen LogP contribution >= 0.6 is 0 Å². The number of hydrogen-bond donors (Lipinski definition) is 2. The topological polar surface area (TPSA) is 109 Å². The molecule has 2 aromatic heterocycles. The van der Waals surface area contributed by atoms with Gasteiger partial charge in [0.25, 0.3) is 5.91 Å². The average Bonchev–Trinajstić information content (AvgIpc) is 3.30. The van der Waals surface area contributed by atoms with Gasteiger partial charge < -0.3 is 20.1 Å². The zero-order valence-electron chi connectivity index (χ0n) is 16.6. The number of aliphatic hydroxyl groups is 1. The van der Waals surface area contributed by atoms with E-state index in [-0.39, 0.29) is 36.9 Å². The standard InChI is InChI=1S/C21H21N5O4/c1-13-7-8-26-12-17(24-21(26)22-13)14-3-5-15(6-4-14)23-18-16(20(29)30-2)11-25(9-10-27)19(18)28/h3-8,12,23,27H,9-11H2,1-2H3. The van der Waals surface area contributed by atoms with Crippen molar-refractivity contribution < 1.29 is 19.4 Å². The van der Waals surface area contributed by atoms with Gasteiger partial charge in [-0.1, -0.05) is 12.1 Å². The maximum atomic E-state index is 12.6. The number of β-amino-alcohol motifs (C(OH)–C–C–N with tert-alkyl or cyclic N) is 1. The van der Waals surface area contributed by atoms with Crippen LogP contribution in [0.1, 0.15) is 5.69 Å². The molecule has 1 aromatic carbocycles. The third kappa shape index (κ3) is 3.62. The third-order valence-corrected chi connectivity index (χ3v) is 4.87. The van der Waals surface area contributed by atoms with E-state index in [1.54, 1.807) is 0 Å². The molecule has 3 aromatic rings. The molecule has 9 heteroatoms. The van der Waals surface area contributed by atoms with Crippen LogP contribution in [0.3, 0.4) is 0 Å². The highest BCUT2D eigenvalue weighted by Gasteiger charge is 2.34. The summed E-state index contributed by atoms with van der Waals surface area (Å²) in [6.07, 6.45) is 3.81. The Balaban J connectivity index is 1.58. The number of esters is 1. The summed E-state index contributed by atoms with van der Waals surface area (Å²) in [6.45, 7) is 1.97. The molecular formula is C21H21N5O4. The number of aromatic nitrogens is 3. The van der Waals surface area contributed by atoms with Crippen LogP contribution in [-0.4, -0.2) is 63.1 Å². The molecule has 154 valence electrons. The summed E-state index contributed by atoms with van der Waals surface area (Å²) in [6, 6.07) is 9.28. The molecule has 0 saturated carbocycles. The van der Waals surface area contributed by atoms with Gasteiger partial charge in [0, 0.05) is 35.9 Å². The van der Waals surface area contributed by atoms with E-state index >= 15 is 0 Å². The molecule has 4 rings (SSSR count). The van der Waals surface area contributed by atoms with Gasteiger partial charge >= 0.3 is 5.97 Å². The Morgan fingerprint density at radius 3 is 2.70 bits per heavy atom. The zero-order chi connectivity index (χ0) is 21.3. The Kier molecular flexibility index (Phi) is 5.20. The summed E-state index contributed by atoms with van der Waals surface area (Å²) in [7, 11) is 1.27. The van der Waals surface area contributed by atoms with Crippen molar-refractivity contribution in [3.05, 3.63) is 59.7 Å². The number of hydrogen-bond acceptors (Lipinski definition) is 7. The number of imidazole rings is 1. The summed E-state index contributed by atoms with van der Waals surface area (Å²) in [5.74, 6) is -0.300. The number of fused-ring (bicyclic) bond motifs is 1. The first-order chi connectivity index (χ1) is 14.5. The molecule has 0 unspecified atom stereocenters. The van der Waals surface area contributed by atoms with Crippen LogP contribution in [0.25, 0.3) is 17.0 Å². The Morgan fingerprint density at radius 1 is 1.23 bits per heavy atom. The van der Waals surface area contributed by atoms with Crippen LogP contribution in [0.15, 0.2) is 54.0 Å². The number of rotatable bonds is 6. The number of ether oxygens (including phenoxy) is 1. The number of carbonyl (C=O) groups excluding carboxylic acids is 2. The monoisotopic (exact) mass is 407 g/mol. The molecule has 1 aliphatic rings. The number of nitrogens with zero attached hydrogens (tertiary/aromatic N) is 4. The van der Waals surface area contributed by atoms with Crippen LogP contribution in [0, 0.1) is 6.92 Å². The lowest BCUT2D eigenvalue weighted by atomic mass is 10.1. The predicted molar refractivity (Wildman–Crippen MR) is 109 cm³/mol. The number of benzene rings is 1. The number of methoxy groups -OCH3 is 1. The highest BCUT2D eigenvalue weighted by atomic mass is 16.5. The second kappa shape index (κ2) is 7.96. The van der Waals surface area contributed by atoms with Gasteiger partial charge in [-0.25, -0.2) is 14.8 Å². The van der Waals surface area contributed by atoms with Gasteiger partial charge in [0.2, 0.25) is 5.78 Å². The maximum Gasteiger partial charge on any atom is 0.337 e. The van der Waals surface area contributed by atoms with Crippen LogP contribution in [0.5, 0.6) is 0 Å². The van der Waals surface area contributed by atoms with E-state index in [1.165, 1.54) is 12.0 Å². The van der Waals surface area contributed by atoms with Crippen LogP contribution in [0.2, 0.25) is 0 Å². The Morgan fingerprint density at radius 2 is 2.00 bits per heavy atom. The van der Waals surface area contributed by atoms with Crippen molar-refractivity contribution in [1.29, 1.82) is 0 Å². The molecule has 1 aliphatic heterocycles. The molecule has 0 fully saturated rings. The van der Waals surface area contributed by atoms with Crippen molar-refractivity contribution >= 4 is 23.3 Å². The highest BCUT2D eigenvalue weighted by molar-refractivity contribution is 6.08. The van der Waals surface area contributed by atoms with E-state index in [1.807, 2.05) is 54.0 Å². The quantitative estimate of drug-likeness (QED) is 0.594. The van der Waals surface area contributed by atoms with Crippen molar-refractivity contribution in [2.24, 2.45) is 0 Å². The molecule has 9 nitrogen and oxygen atoms in total. The van der Waals surface area contributed by atoms with Gasteiger partial charge in [-0.2, -0.15) is 0 Å². The number of carbonyl (C=O) groups is 2. The second-order valence-corrected chi connectivity index (χ2v) is 6.90. The summed E-state index contributed by atoms with van der Waals surface area (Å²) in [4.78, 5) is 35.0. The van der Waals surface area contributed by atoms with E-state index in [9.17, 15) is 9.59 Å². The van der Waals surface area contributed by atoms with Gasteiger partial charge in [-0.05, 0) is 25.1 Å². The Hall–Kier alpha value is -3.72. The molecule has 0 saturated heterocycles. The van der Waals surface area contributed by atoms with Crippen molar-refractivity contribution in [3.8, 4) is 11.3 Å². The zero-order valence-corrected chi connectivity index (χ0v) is 16.6. The SMILES string of the molecule is COC(=O)C1=C(Nc2ccc(-c3cn4ccc(C)nc4n3)cc2)C(=O)N(CCO)C1.